The fourth-order valence-corrected chi connectivity index (χ4v) is 3.49. The molecule has 0 saturated heterocycles. The molecule has 1 aliphatic rings. The molecule has 1 aromatic rings. The molecule has 1 fully saturated rings. The van der Waals surface area contributed by atoms with Gasteiger partial charge in [0, 0.05) is 23.2 Å². The minimum absolute atomic E-state index is 0.774. The summed E-state index contributed by atoms with van der Waals surface area (Å²) in [6, 6.07) is 2.80. The summed E-state index contributed by atoms with van der Waals surface area (Å²) in [5.41, 5.74) is 2.13. The third kappa shape index (κ3) is 5.49. The van der Waals surface area contributed by atoms with Crippen LogP contribution in [0.15, 0.2) is 11.2 Å². The number of hydrogen-bond acceptors (Lipinski definition) is 4. The molecule has 1 aromatic heterocycles. The Bertz CT molecular complexity index is 369. The maximum absolute atomic E-state index is 4.45. The van der Waals surface area contributed by atoms with Gasteiger partial charge in [-0.3, -0.25) is 0 Å². The fraction of sp³-hybridized carbons (Fsp3) is 0.733. The molecule has 1 heterocycles. The average molecular weight is 279 g/mol. The van der Waals surface area contributed by atoms with Gasteiger partial charge in [0.15, 0.2) is 5.16 Å². The minimum atomic E-state index is 0.774. The highest BCUT2D eigenvalue weighted by Gasteiger charge is 2.11. The van der Waals surface area contributed by atoms with Crippen molar-refractivity contribution in [2.75, 3.05) is 12.3 Å². The SMILES string of the molecule is Cc1cc(C)nc(SCCCNC2CCCCC2)n1. The van der Waals surface area contributed by atoms with Crippen molar-refractivity contribution >= 4 is 11.8 Å². The van der Waals surface area contributed by atoms with Gasteiger partial charge in [-0.2, -0.15) is 0 Å². The lowest BCUT2D eigenvalue weighted by atomic mass is 9.95. The fourth-order valence-electron chi connectivity index (χ4n) is 2.61. The lowest BCUT2D eigenvalue weighted by molar-refractivity contribution is 0.375. The zero-order chi connectivity index (χ0) is 13.5. The second-order valence-electron chi connectivity index (χ2n) is 5.42. The second-order valence-corrected chi connectivity index (χ2v) is 6.49. The highest BCUT2D eigenvalue weighted by molar-refractivity contribution is 7.99. The van der Waals surface area contributed by atoms with Crippen molar-refractivity contribution in [1.29, 1.82) is 0 Å². The van der Waals surface area contributed by atoms with Crippen LogP contribution < -0.4 is 5.32 Å². The molecule has 0 aromatic carbocycles. The first-order valence-electron chi connectivity index (χ1n) is 7.42. The molecule has 0 radical (unpaired) electrons. The van der Waals surface area contributed by atoms with Crippen LogP contribution in [-0.4, -0.2) is 28.3 Å². The molecule has 0 bridgehead atoms. The van der Waals surface area contributed by atoms with E-state index in [1.54, 1.807) is 11.8 Å². The van der Waals surface area contributed by atoms with Gasteiger partial charge < -0.3 is 5.32 Å². The van der Waals surface area contributed by atoms with Gasteiger partial charge in [-0.05, 0) is 45.7 Å². The van der Waals surface area contributed by atoms with Crippen LogP contribution in [-0.2, 0) is 0 Å². The van der Waals surface area contributed by atoms with Crippen molar-refractivity contribution in [1.82, 2.24) is 15.3 Å². The smallest absolute Gasteiger partial charge is 0.187 e. The van der Waals surface area contributed by atoms with Gasteiger partial charge in [0.2, 0.25) is 0 Å². The van der Waals surface area contributed by atoms with E-state index in [1.165, 1.54) is 38.5 Å². The molecule has 0 amide bonds. The Hall–Kier alpha value is -0.610. The summed E-state index contributed by atoms with van der Waals surface area (Å²) in [5.74, 6) is 1.10. The van der Waals surface area contributed by atoms with Gasteiger partial charge >= 0.3 is 0 Å². The lowest BCUT2D eigenvalue weighted by Gasteiger charge is -2.22. The van der Waals surface area contributed by atoms with Crippen molar-refractivity contribution in [3.8, 4) is 0 Å². The zero-order valence-electron chi connectivity index (χ0n) is 12.1. The predicted molar refractivity (Wildman–Crippen MR) is 81.7 cm³/mol. The van der Waals surface area contributed by atoms with Crippen molar-refractivity contribution in [2.45, 2.75) is 63.6 Å². The average Bonchev–Trinajstić information content (AvgIpc) is 2.38. The van der Waals surface area contributed by atoms with Crippen molar-refractivity contribution in [2.24, 2.45) is 0 Å². The molecule has 0 atom stereocenters. The maximum atomic E-state index is 4.45. The van der Waals surface area contributed by atoms with Crippen LogP contribution in [0, 0.1) is 13.8 Å². The number of aryl methyl sites for hydroxylation is 2. The number of nitrogens with zero attached hydrogens (tertiary/aromatic N) is 2. The molecule has 0 spiro atoms. The number of thioether (sulfide) groups is 1. The monoisotopic (exact) mass is 279 g/mol. The summed E-state index contributed by atoms with van der Waals surface area (Å²) in [6.07, 6.45) is 8.17. The van der Waals surface area contributed by atoms with E-state index < -0.39 is 0 Å². The summed E-state index contributed by atoms with van der Waals surface area (Å²) in [4.78, 5) is 8.91. The van der Waals surface area contributed by atoms with Crippen molar-refractivity contribution < 1.29 is 0 Å². The Balaban J connectivity index is 1.60. The van der Waals surface area contributed by atoms with Crippen LogP contribution in [0.5, 0.6) is 0 Å². The van der Waals surface area contributed by atoms with E-state index in [-0.39, 0.29) is 0 Å². The Morgan fingerprint density at radius 2 is 1.84 bits per heavy atom. The zero-order valence-corrected chi connectivity index (χ0v) is 12.9. The summed E-state index contributed by atoms with van der Waals surface area (Å²) < 4.78 is 0. The number of nitrogens with one attached hydrogen (secondary N) is 1. The topological polar surface area (TPSA) is 37.8 Å². The first kappa shape index (κ1) is 14.8. The van der Waals surface area contributed by atoms with E-state index in [0.717, 1.165) is 34.9 Å². The molecule has 0 unspecified atom stereocenters. The first-order valence-corrected chi connectivity index (χ1v) is 8.41. The molecular formula is C15H25N3S. The van der Waals surface area contributed by atoms with Gasteiger partial charge in [0.05, 0.1) is 0 Å². The Kier molecular flexibility index (Phi) is 6.11. The van der Waals surface area contributed by atoms with E-state index in [0.29, 0.717) is 0 Å². The van der Waals surface area contributed by atoms with Crippen molar-refractivity contribution in [3.63, 3.8) is 0 Å². The van der Waals surface area contributed by atoms with Gasteiger partial charge in [-0.1, -0.05) is 31.0 Å². The molecule has 2 rings (SSSR count). The summed E-state index contributed by atoms with van der Waals surface area (Å²) in [6.45, 7) is 5.19. The Labute approximate surface area is 121 Å². The van der Waals surface area contributed by atoms with Crippen molar-refractivity contribution in [3.05, 3.63) is 17.5 Å². The highest BCUT2D eigenvalue weighted by Crippen LogP contribution is 2.18. The third-order valence-corrected chi connectivity index (χ3v) is 4.49. The van der Waals surface area contributed by atoms with E-state index in [4.69, 9.17) is 0 Å². The molecular weight excluding hydrogens is 254 g/mol. The normalized spacial score (nSPS) is 16.7. The predicted octanol–water partition coefficient (Wildman–Crippen LogP) is 3.50. The minimum Gasteiger partial charge on any atom is -0.314 e. The molecule has 0 aliphatic heterocycles. The van der Waals surface area contributed by atoms with Gasteiger partial charge in [0.1, 0.15) is 0 Å². The lowest BCUT2D eigenvalue weighted by Crippen LogP contribution is -2.31. The number of rotatable bonds is 6. The van der Waals surface area contributed by atoms with Crippen LogP contribution >= 0.6 is 11.8 Å². The van der Waals surface area contributed by atoms with Crippen LogP contribution in [0.25, 0.3) is 0 Å². The molecule has 1 saturated carbocycles. The first-order chi connectivity index (χ1) is 9.24. The van der Waals surface area contributed by atoms with Gasteiger partial charge in [-0.15, -0.1) is 0 Å². The molecule has 19 heavy (non-hydrogen) atoms. The van der Waals surface area contributed by atoms with Crippen LogP contribution in [0.4, 0.5) is 0 Å². The molecule has 1 aliphatic carbocycles. The Morgan fingerprint density at radius 3 is 2.53 bits per heavy atom. The molecule has 3 nitrogen and oxygen atoms in total. The van der Waals surface area contributed by atoms with E-state index in [9.17, 15) is 0 Å². The summed E-state index contributed by atoms with van der Waals surface area (Å²) in [7, 11) is 0. The standard InChI is InChI=1S/C15H25N3S/c1-12-11-13(2)18-15(17-12)19-10-6-9-16-14-7-4-3-5-8-14/h11,14,16H,3-10H2,1-2H3. The summed E-state index contributed by atoms with van der Waals surface area (Å²) >= 11 is 1.77. The van der Waals surface area contributed by atoms with Gasteiger partial charge in [0.25, 0.3) is 0 Å². The second kappa shape index (κ2) is 7.85. The number of hydrogen-bond donors (Lipinski definition) is 1. The van der Waals surface area contributed by atoms with Crippen LogP contribution in [0.1, 0.15) is 49.9 Å². The number of aromatic nitrogens is 2. The Morgan fingerprint density at radius 1 is 1.16 bits per heavy atom. The summed E-state index contributed by atoms with van der Waals surface area (Å²) in [5, 5.41) is 4.60. The van der Waals surface area contributed by atoms with E-state index in [2.05, 4.69) is 15.3 Å². The molecule has 106 valence electrons. The molecule has 1 N–H and O–H groups in total. The maximum Gasteiger partial charge on any atom is 0.187 e. The molecule has 4 heteroatoms. The largest absolute Gasteiger partial charge is 0.314 e. The van der Waals surface area contributed by atoms with Crippen LogP contribution in [0.2, 0.25) is 0 Å². The highest BCUT2D eigenvalue weighted by atomic mass is 32.2. The van der Waals surface area contributed by atoms with Gasteiger partial charge in [-0.25, -0.2) is 9.97 Å². The van der Waals surface area contributed by atoms with E-state index >= 15 is 0 Å². The quantitative estimate of drug-likeness (QED) is 0.491. The third-order valence-electron chi connectivity index (χ3n) is 3.55. The van der Waals surface area contributed by atoms with E-state index in [1.807, 2.05) is 19.9 Å². The van der Waals surface area contributed by atoms with Crippen LogP contribution in [0.3, 0.4) is 0 Å².